The van der Waals surface area contributed by atoms with Crippen molar-refractivity contribution in [2.75, 3.05) is 13.2 Å². The Hall–Kier alpha value is -1.06. The first-order chi connectivity index (χ1) is 8.22. The molecule has 3 heteroatoms. The smallest absolute Gasteiger partial charge is 0.125 e. The molecule has 3 rings (SSSR count). The number of aliphatic hydroxyl groups is 1. The van der Waals surface area contributed by atoms with Crippen LogP contribution in [-0.2, 0) is 10.3 Å². The summed E-state index contributed by atoms with van der Waals surface area (Å²) in [5.41, 5.74) is 0.740. The number of benzene rings is 1. The molecule has 1 fully saturated rings. The van der Waals surface area contributed by atoms with Crippen LogP contribution in [-0.4, -0.2) is 24.4 Å². The lowest BCUT2D eigenvalue weighted by atomic mass is 9.75. The molecular formula is C14H18O3. The van der Waals surface area contributed by atoms with Gasteiger partial charge in [-0.25, -0.2) is 0 Å². The minimum Gasteiger partial charge on any atom is -0.493 e. The molecule has 1 aromatic rings. The van der Waals surface area contributed by atoms with Crippen molar-refractivity contribution in [2.24, 2.45) is 5.92 Å². The van der Waals surface area contributed by atoms with E-state index >= 15 is 0 Å². The van der Waals surface area contributed by atoms with Gasteiger partial charge in [0, 0.05) is 17.9 Å². The SMILES string of the molecule is CC1COc2ccccc2C12CC(O)CCO2. The molecule has 1 spiro atoms. The zero-order valence-electron chi connectivity index (χ0n) is 10.1. The van der Waals surface area contributed by atoms with E-state index in [4.69, 9.17) is 9.47 Å². The molecule has 0 aliphatic carbocycles. The molecule has 0 saturated carbocycles. The fourth-order valence-electron chi connectivity index (χ4n) is 2.98. The Morgan fingerprint density at radius 2 is 2.18 bits per heavy atom. The second kappa shape index (κ2) is 4.00. The van der Waals surface area contributed by atoms with Gasteiger partial charge in [0.15, 0.2) is 0 Å². The minimum absolute atomic E-state index is 0.266. The first-order valence-electron chi connectivity index (χ1n) is 6.27. The van der Waals surface area contributed by atoms with Gasteiger partial charge in [-0.2, -0.15) is 0 Å². The van der Waals surface area contributed by atoms with Gasteiger partial charge in [-0.05, 0) is 12.5 Å². The molecule has 2 aliphatic rings. The predicted octanol–water partition coefficient (Wildman–Crippen LogP) is 2.08. The maximum absolute atomic E-state index is 9.95. The van der Waals surface area contributed by atoms with Crippen LogP contribution in [0, 0.1) is 5.92 Å². The monoisotopic (exact) mass is 234 g/mol. The third-order valence-corrected chi connectivity index (χ3v) is 3.98. The van der Waals surface area contributed by atoms with E-state index in [1.54, 1.807) is 0 Å². The van der Waals surface area contributed by atoms with Crippen LogP contribution in [0.25, 0.3) is 0 Å². The molecule has 1 aromatic carbocycles. The van der Waals surface area contributed by atoms with Gasteiger partial charge >= 0.3 is 0 Å². The number of rotatable bonds is 0. The standard InChI is InChI=1S/C14H18O3/c1-10-9-16-13-5-3-2-4-12(13)14(10)8-11(15)6-7-17-14/h2-5,10-11,15H,6-9H2,1H3. The molecule has 3 nitrogen and oxygen atoms in total. The molecular weight excluding hydrogens is 216 g/mol. The van der Waals surface area contributed by atoms with Crippen molar-refractivity contribution in [1.29, 1.82) is 0 Å². The van der Waals surface area contributed by atoms with E-state index < -0.39 is 0 Å². The van der Waals surface area contributed by atoms with Crippen molar-refractivity contribution in [3.63, 3.8) is 0 Å². The lowest BCUT2D eigenvalue weighted by Crippen LogP contribution is -2.48. The summed E-state index contributed by atoms with van der Waals surface area (Å²) in [7, 11) is 0. The number of ether oxygens (including phenoxy) is 2. The highest BCUT2D eigenvalue weighted by Gasteiger charge is 2.47. The largest absolute Gasteiger partial charge is 0.493 e. The molecule has 1 N–H and O–H groups in total. The van der Waals surface area contributed by atoms with E-state index in [-0.39, 0.29) is 17.6 Å². The van der Waals surface area contributed by atoms with E-state index in [0.29, 0.717) is 19.6 Å². The van der Waals surface area contributed by atoms with Crippen molar-refractivity contribution >= 4 is 0 Å². The van der Waals surface area contributed by atoms with Crippen molar-refractivity contribution < 1.29 is 14.6 Å². The third kappa shape index (κ3) is 1.65. The Balaban J connectivity index is 2.07. The summed E-state index contributed by atoms with van der Waals surface area (Å²) in [6, 6.07) is 8.02. The van der Waals surface area contributed by atoms with Crippen LogP contribution in [0.1, 0.15) is 25.3 Å². The van der Waals surface area contributed by atoms with Crippen molar-refractivity contribution in [3.8, 4) is 5.75 Å². The summed E-state index contributed by atoms with van der Waals surface area (Å²) in [5, 5.41) is 9.95. The maximum Gasteiger partial charge on any atom is 0.125 e. The third-order valence-electron chi connectivity index (χ3n) is 3.98. The summed E-state index contributed by atoms with van der Waals surface area (Å²) in [6.07, 6.45) is 1.14. The van der Waals surface area contributed by atoms with Crippen LogP contribution in [0.5, 0.6) is 5.75 Å². The summed E-state index contributed by atoms with van der Waals surface area (Å²) in [5.74, 6) is 1.17. The van der Waals surface area contributed by atoms with Gasteiger partial charge in [0.05, 0.1) is 19.3 Å². The predicted molar refractivity (Wildman–Crippen MR) is 64.0 cm³/mol. The second-order valence-corrected chi connectivity index (χ2v) is 5.09. The van der Waals surface area contributed by atoms with Gasteiger partial charge < -0.3 is 14.6 Å². The quantitative estimate of drug-likeness (QED) is 0.747. The highest BCUT2D eigenvalue weighted by Crippen LogP contribution is 2.47. The highest BCUT2D eigenvalue weighted by molar-refractivity contribution is 5.40. The van der Waals surface area contributed by atoms with Crippen molar-refractivity contribution in [2.45, 2.75) is 31.5 Å². The Morgan fingerprint density at radius 1 is 1.35 bits per heavy atom. The molecule has 0 radical (unpaired) electrons. The van der Waals surface area contributed by atoms with Crippen LogP contribution in [0.2, 0.25) is 0 Å². The Bertz CT molecular complexity index is 418. The second-order valence-electron chi connectivity index (χ2n) is 5.09. The fraction of sp³-hybridized carbons (Fsp3) is 0.571. The maximum atomic E-state index is 9.95. The van der Waals surface area contributed by atoms with E-state index in [1.165, 1.54) is 0 Å². The van der Waals surface area contributed by atoms with Gasteiger partial charge in [-0.3, -0.25) is 0 Å². The van der Waals surface area contributed by atoms with E-state index in [2.05, 4.69) is 13.0 Å². The van der Waals surface area contributed by atoms with Crippen LogP contribution in [0.3, 0.4) is 0 Å². The van der Waals surface area contributed by atoms with Crippen molar-refractivity contribution in [3.05, 3.63) is 29.8 Å². The zero-order chi connectivity index (χ0) is 11.9. The molecule has 1 saturated heterocycles. The fourth-order valence-corrected chi connectivity index (χ4v) is 2.98. The minimum atomic E-state index is -0.355. The first-order valence-corrected chi connectivity index (χ1v) is 6.27. The van der Waals surface area contributed by atoms with Gasteiger partial charge in [-0.1, -0.05) is 25.1 Å². The van der Waals surface area contributed by atoms with Gasteiger partial charge in [0.2, 0.25) is 0 Å². The van der Waals surface area contributed by atoms with E-state index in [0.717, 1.165) is 17.7 Å². The number of hydrogen-bond acceptors (Lipinski definition) is 3. The average Bonchev–Trinajstić information content (AvgIpc) is 2.35. The molecule has 3 unspecified atom stereocenters. The Morgan fingerprint density at radius 3 is 3.00 bits per heavy atom. The summed E-state index contributed by atoms with van der Waals surface area (Å²) >= 11 is 0. The molecule has 2 heterocycles. The summed E-state index contributed by atoms with van der Waals surface area (Å²) in [6.45, 7) is 3.41. The molecule has 3 atom stereocenters. The van der Waals surface area contributed by atoms with Crippen molar-refractivity contribution in [1.82, 2.24) is 0 Å². The van der Waals surface area contributed by atoms with Crippen LogP contribution in [0.15, 0.2) is 24.3 Å². The normalized spacial score (nSPS) is 36.4. The summed E-state index contributed by atoms with van der Waals surface area (Å²) in [4.78, 5) is 0. The van der Waals surface area contributed by atoms with Crippen LogP contribution < -0.4 is 4.74 Å². The number of fused-ring (bicyclic) bond motifs is 2. The van der Waals surface area contributed by atoms with Gasteiger partial charge in [0.1, 0.15) is 11.4 Å². The molecule has 0 bridgehead atoms. The van der Waals surface area contributed by atoms with Crippen LogP contribution in [0.4, 0.5) is 0 Å². The number of para-hydroxylation sites is 1. The number of hydrogen-bond donors (Lipinski definition) is 1. The zero-order valence-corrected chi connectivity index (χ0v) is 10.1. The summed E-state index contributed by atoms with van der Waals surface area (Å²) < 4.78 is 11.8. The lowest BCUT2D eigenvalue weighted by molar-refractivity contribution is -0.166. The Kier molecular flexibility index (Phi) is 2.60. The van der Waals surface area contributed by atoms with Gasteiger partial charge in [-0.15, -0.1) is 0 Å². The molecule has 92 valence electrons. The van der Waals surface area contributed by atoms with E-state index in [1.807, 2.05) is 18.2 Å². The molecule has 17 heavy (non-hydrogen) atoms. The highest BCUT2D eigenvalue weighted by atomic mass is 16.5. The topological polar surface area (TPSA) is 38.7 Å². The van der Waals surface area contributed by atoms with E-state index in [9.17, 15) is 5.11 Å². The lowest BCUT2D eigenvalue weighted by Gasteiger charge is -2.47. The molecule has 2 aliphatic heterocycles. The first kappa shape index (κ1) is 11.1. The van der Waals surface area contributed by atoms with Gasteiger partial charge in [0.25, 0.3) is 0 Å². The Labute approximate surface area is 101 Å². The number of aliphatic hydroxyl groups excluding tert-OH is 1. The molecule has 0 amide bonds. The molecule has 0 aromatic heterocycles. The average molecular weight is 234 g/mol. The van der Waals surface area contributed by atoms with Crippen LogP contribution >= 0.6 is 0 Å².